The Morgan fingerprint density at radius 2 is 0.848 bits per heavy atom. The summed E-state index contributed by atoms with van der Waals surface area (Å²) in [6.45, 7) is 0. The second kappa shape index (κ2) is 11.7. The molecule has 0 bridgehead atoms. The van der Waals surface area contributed by atoms with Crippen LogP contribution >= 0.6 is 0 Å². The Labute approximate surface area is 261 Å². The Morgan fingerprint density at radius 3 is 1.20 bits per heavy atom. The van der Waals surface area contributed by atoms with Gasteiger partial charge >= 0.3 is 11.9 Å². The van der Waals surface area contributed by atoms with Crippen molar-refractivity contribution in [3.8, 4) is 0 Å². The molecule has 0 saturated carbocycles. The third kappa shape index (κ3) is 5.13. The molecule has 0 radical (unpaired) electrons. The second-order valence-corrected chi connectivity index (χ2v) is 10.9. The average molecular weight is 617 g/mol. The molecule has 2 aliphatic heterocycles. The number of nitrogens with zero attached hydrogens (tertiary/aromatic N) is 2. The van der Waals surface area contributed by atoms with Crippen LogP contribution in [0.5, 0.6) is 0 Å². The summed E-state index contributed by atoms with van der Waals surface area (Å²) in [5, 5.41) is 19.8. The Bertz CT molecular complexity index is 1830. The molecule has 11 nitrogen and oxygen atoms in total. The van der Waals surface area contributed by atoms with E-state index < -0.39 is 53.4 Å². The summed E-state index contributed by atoms with van der Waals surface area (Å²) in [4.78, 5) is 92.3. The largest absolute Gasteiger partial charge is 0.480 e. The molecule has 0 fully saturated rings. The molecule has 0 saturated heterocycles. The van der Waals surface area contributed by atoms with Crippen molar-refractivity contribution >= 4 is 41.4 Å². The number of benzene rings is 4. The summed E-state index contributed by atoms with van der Waals surface area (Å²) in [7, 11) is 0. The van der Waals surface area contributed by atoms with Crippen molar-refractivity contribution in [2.45, 2.75) is 24.9 Å². The van der Waals surface area contributed by atoms with E-state index in [2.05, 4.69) is 0 Å². The summed E-state index contributed by atoms with van der Waals surface area (Å²) in [5.41, 5.74) is 0.808. The van der Waals surface area contributed by atoms with E-state index in [9.17, 15) is 43.8 Å². The van der Waals surface area contributed by atoms with Gasteiger partial charge in [-0.3, -0.25) is 33.8 Å². The van der Waals surface area contributed by atoms with Gasteiger partial charge in [0.25, 0.3) is 23.6 Å². The number of carboxylic acid groups (broad SMARTS) is 2. The predicted molar refractivity (Wildman–Crippen MR) is 160 cm³/mol. The van der Waals surface area contributed by atoms with Crippen molar-refractivity contribution in [1.29, 1.82) is 0 Å². The fraction of sp³-hybridized carbons (Fsp3) is 0.114. The fourth-order valence-corrected chi connectivity index (χ4v) is 5.79. The molecule has 0 aromatic heterocycles. The van der Waals surface area contributed by atoms with Gasteiger partial charge in [-0.25, -0.2) is 9.59 Å². The topological polar surface area (TPSA) is 166 Å². The van der Waals surface area contributed by atoms with Gasteiger partial charge in [0, 0.05) is 24.0 Å². The standard InChI is InChI=1S/C35H24N2O9/c38-29(21-11-13-23-25(17-21)32(41)36(30(23)39)27(34(43)44)15-19-7-3-1-4-8-19)22-12-14-24-26(18-22)33(42)37(31(24)40)28(35(45)46)16-20-9-5-2-6-10-20/h1-14,17-18,27-28H,15-16H2,(H,43,44)(H,45,46)/t27-,28-/m0/s1. The van der Waals surface area contributed by atoms with E-state index in [1.165, 1.54) is 36.4 Å². The number of aliphatic carboxylic acids is 2. The minimum atomic E-state index is -1.48. The first kappa shape index (κ1) is 29.8. The normalized spacial score (nSPS) is 15.0. The van der Waals surface area contributed by atoms with Crippen LogP contribution in [0.4, 0.5) is 0 Å². The molecule has 0 unspecified atom stereocenters. The van der Waals surface area contributed by atoms with Crippen molar-refractivity contribution < 1.29 is 43.8 Å². The van der Waals surface area contributed by atoms with E-state index in [-0.39, 0.29) is 46.2 Å². The fourth-order valence-electron chi connectivity index (χ4n) is 5.79. The van der Waals surface area contributed by atoms with E-state index in [1.807, 2.05) is 0 Å². The first-order chi connectivity index (χ1) is 22.1. The summed E-state index contributed by atoms with van der Waals surface area (Å²) in [6.07, 6.45) is -0.221. The number of fused-ring (bicyclic) bond motifs is 2. The van der Waals surface area contributed by atoms with Crippen molar-refractivity contribution in [1.82, 2.24) is 9.80 Å². The zero-order chi connectivity index (χ0) is 32.7. The first-order valence-corrected chi connectivity index (χ1v) is 14.2. The number of carbonyl (C=O) groups excluding carboxylic acids is 5. The number of carbonyl (C=O) groups is 7. The smallest absolute Gasteiger partial charge is 0.327 e. The van der Waals surface area contributed by atoms with Gasteiger partial charge in [0.05, 0.1) is 22.3 Å². The Hall–Kier alpha value is -6.23. The lowest BCUT2D eigenvalue weighted by atomic mass is 9.96. The lowest BCUT2D eigenvalue weighted by Gasteiger charge is -2.22. The minimum absolute atomic E-state index is 0.0160. The molecule has 4 amide bonds. The number of rotatable bonds is 10. The van der Waals surface area contributed by atoms with Crippen LogP contribution in [0.3, 0.4) is 0 Å². The SMILES string of the molecule is O=C(c1ccc2c(c1)C(=O)N([C@@H](Cc1ccccc1)C(=O)O)C2=O)c1ccc2c(c1)C(=O)N([C@@H](Cc1ccccc1)C(=O)O)C2=O. The highest BCUT2D eigenvalue weighted by molar-refractivity contribution is 6.25. The molecule has 4 aromatic carbocycles. The Balaban J connectivity index is 1.26. The number of carboxylic acids is 2. The van der Waals surface area contributed by atoms with Crippen LogP contribution in [0.2, 0.25) is 0 Å². The number of imide groups is 2. The molecule has 0 aliphatic carbocycles. The van der Waals surface area contributed by atoms with Gasteiger partial charge in [-0.1, -0.05) is 72.8 Å². The zero-order valence-corrected chi connectivity index (χ0v) is 24.0. The predicted octanol–water partition coefficient (Wildman–Crippen LogP) is 3.50. The van der Waals surface area contributed by atoms with Crippen LogP contribution in [-0.2, 0) is 22.4 Å². The van der Waals surface area contributed by atoms with Crippen molar-refractivity contribution in [3.63, 3.8) is 0 Å². The number of hydrogen-bond acceptors (Lipinski definition) is 7. The van der Waals surface area contributed by atoms with E-state index in [4.69, 9.17) is 0 Å². The van der Waals surface area contributed by atoms with Gasteiger partial charge in [-0.15, -0.1) is 0 Å². The van der Waals surface area contributed by atoms with Gasteiger partial charge in [0.2, 0.25) is 0 Å². The third-order valence-corrected chi connectivity index (χ3v) is 8.10. The first-order valence-electron chi connectivity index (χ1n) is 14.2. The highest BCUT2D eigenvalue weighted by Crippen LogP contribution is 2.30. The number of hydrogen-bond donors (Lipinski definition) is 2. The van der Waals surface area contributed by atoms with Crippen LogP contribution in [0.15, 0.2) is 97.1 Å². The molecular formula is C35H24N2O9. The van der Waals surface area contributed by atoms with Gasteiger partial charge in [0.1, 0.15) is 12.1 Å². The highest BCUT2D eigenvalue weighted by Gasteiger charge is 2.45. The van der Waals surface area contributed by atoms with Crippen LogP contribution < -0.4 is 0 Å². The van der Waals surface area contributed by atoms with Crippen LogP contribution in [0, 0.1) is 0 Å². The molecule has 2 atom stereocenters. The number of amides is 4. The lowest BCUT2D eigenvalue weighted by Crippen LogP contribution is -2.46. The molecule has 2 heterocycles. The van der Waals surface area contributed by atoms with Crippen LogP contribution in [-0.4, -0.2) is 73.4 Å². The van der Waals surface area contributed by atoms with Gasteiger partial charge in [-0.05, 0) is 35.4 Å². The maximum Gasteiger partial charge on any atom is 0.327 e. The van der Waals surface area contributed by atoms with Crippen molar-refractivity contribution in [3.05, 3.63) is 142 Å². The molecule has 46 heavy (non-hydrogen) atoms. The second-order valence-electron chi connectivity index (χ2n) is 10.9. The molecule has 11 heteroatoms. The Morgan fingerprint density at radius 1 is 0.500 bits per heavy atom. The average Bonchev–Trinajstić information content (AvgIpc) is 3.45. The summed E-state index contributed by atoms with van der Waals surface area (Å²) < 4.78 is 0. The molecule has 6 rings (SSSR count). The molecular weight excluding hydrogens is 592 g/mol. The molecule has 2 aliphatic rings. The third-order valence-electron chi connectivity index (χ3n) is 8.10. The molecule has 0 spiro atoms. The van der Waals surface area contributed by atoms with E-state index in [0.29, 0.717) is 20.9 Å². The van der Waals surface area contributed by atoms with Gasteiger partial charge in [-0.2, -0.15) is 0 Å². The van der Waals surface area contributed by atoms with Crippen LogP contribution in [0.25, 0.3) is 0 Å². The maximum atomic E-state index is 13.5. The van der Waals surface area contributed by atoms with E-state index in [1.54, 1.807) is 60.7 Å². The van der Waals surface area contributed by atoms with E-state index >= 15 is 0 Å². The van der Waals surface area contributed by atoms with Gasteiger partial charge in [0.15, 0.2) is 5.78 Å². The summed E-state index contributed by atoms with van der Waals surface area (Å²) in [6, 6.07) is 21.7. The highest BCUT2D eigenvalue weighted by atomic mass is 16.4. The quantitative estimate of drug-likeness (QED) is 0.200. The molecule has 228 valence electrons. The zero-order valence-electron chi connectivity index (χ0n) is 24.0. The monoisotopic (exact) mass is 616 g/mol. The maximum absolute atomic E-state index is 13.5. The van der Waals surface area contributed by atoms with Crippen LogP contribution in [0.1, 0.15) is 68.5 Å². The lowest BCUT2D eigenvalue weighted by molar-refractivity contribution is -0.142. The number of ketones is 1. The van der Waals surface area contributed by atoms with Crippen molar-refractivity contribution in [2.24, 2.45) is 0 Å². The molecule has 4 aromatic rings. The van der Waals surface area contributed by atoms with Gasteiger partial charge < -0.3 is 10.2 Å². The van der Waals surface area contributed by atoms with Crippen molar-refractivity contribution in [2.75, 3.05) is 0 Å². The molecule has 2 N–H and O–H groups in total. The summed E-state index contributed by atoms with van der Waals surface area (Å²) in [5.74, 6) is -6.69. The summed E-state index contributed by atoms with van der Waals surface area (Å²) >= 11 is 0. The minimum Gasteiger partial charge on any atom is -0.480 e. The van der Waals surface area contributed by atoms with E-state index in [0.717, 1.165) is 0 Å². The Kier molecular flexibility index (Phi) is 7.58.